The predicted molar refractivity (Wildman–Crippen MR) is 104 cm³/mol. The van der Waals surface area contributed by atoms with Gasteiger partial charge in [0.25, 0.3) is 5.91 Å². The van der Waals surface area contributed by atoms with Crippen LogP contribution in [0.4, 0.5) is 0 Å². The van der Waals surface area contributed by atoms with Gasteiger partial charge in [0.1, 0.15) is 6.04 Å². The normalized spacial score (nSPS) is 11.7. The summed E-state index contributed by atoms with van der Waals surface area (Å²) in [4.78, 5) is 26.7. The number of nitrogens with one attached hydrogen (secondary N) is 1. The first kappa shape index (κ1) is 19.9. The van der Waals surface area contributed by atoms with Gasteiger partial charge in [0.2, 0.25) is 5.91 Å². The van der Waals surface area contributed by atoms with Crippen LogP contribution < -0.4 is 11.1 Å². The minimum atomic E-state index is -0.638. The lowest BCUT2D eigenvalue weighted by molar-refractivity contribution is -0.132. The third-order valence-electron chi connectivity index (χ3n) is 4.05. The standard InChI is InChI=1S/C20H24ClN3O2/c1-15(23-19(25)17-7-9-18(21)10-8-17)20(26)24(14-12-22)13-11-16-5-3-2-4-6-16/h2-10,15H,11-14,22H2,1H3,(H,23,25). The van der Waals surface area contributed by atoms with Gasteiger partial charge in [-0.2, -0.15) is 0 Å². The Morgan fingerprint density at radius 3 is 2.35 bits per heavy atom. The van der Waals surface area contributed by atoms with E-state index in [1.54, 1.807) is 36.1 Å². The highest BCUT2D eigenvalue weighted by Crippen LogP contribution is 2.10. The second kappa shape index (κ2) is 9.94. The molecule has 0 radical (unpaired) electrons. The topological polar surface area (TPSA) is 75.4 Å². The molecule has 0 aromatic heterocycles. The molecule has 0 fully saturated rings. The first-order chi connectivity index (χ1) is 12.5. The highest BCUT2D eigenvalue weighted by atomic mass is 35.5. The number of carbonyl (C=O) groups is 2. The maximum Gasteiger partial charge on any atom is 0.251 e. The summed E-state index contributed by atoms with van der Waals surface area (Å²) in [5, 5.41) is 3.29. The highest BCUT2D eigenvalue weighted by Gasteiger charge is 2.22. The summed E-state index contributed by atoms with van der Waals surface area (Å²) in [5.41, 5.74) is 7.26. The van der Waals surface area contributed by atoms with E-state index in [0.717, 1.165) is 12.0 Å². The van der Waals surface area contributed by atoms with Crippen molar-refractivity contribution in [3.63, 3.8) is 0 Å². The molecule has 2 amide bonds. The Labute approximate surface area is 159 Å². The van der Waals surface area contributed by atoms with Crippen molar-refractivity contribution in [1.29, 1.82) is 0 Å². The molecule has 1 unspecified atom stereocenters. The first-order valence-electron chi connectivity index (χ1n) is 8.60. The smallest absolute Gasteiger partial charge is 0.251 e. The lowest BCUT2D eigenvalue weighted by Gasteiger charge is -2.26. The van der Waals surface area contributed by atoms with E-state index in [9.17, 15) is 9.59 Å². The van der Waals surface area contributed by atoms with Crippen LogP contribution in [0, 0.1) is 0 Å². The van der Waals surface area contributed by atoms with Gasteiger partial charge < -0.3 is 16.0 Å². The molecular weight excluding hydrogens is 350 g/mol. The molecule has 0 heterocycles. The number of hydrogen-bond acceptors (Lipinski definition) is 3. The summed E-state index contributed by atoms with van der Waals surface area (Å²) in [7, 11) is 0. The Kier molecular flexibility index (Phi) is 7.63. The summed E-state index contributed by atoms with van der Waals surface area (Å²) >= 11 is 5.83. The van der Waals surface area contributed by atoms with Gasteiger partial charge in [0, 0.05) is 30.2 Å². The lowest BCUT2D eigenvalue weighted by Crippen LogP contribution is -2.48. The van der Waals surface area contributed by atoms with Gasteiger partial charge in [-0.3, -0.25) is 9.59 Å². The van der Waals surface area contributed by atoms with E-state index in [1.807, 2.05) is 30.3 Å². The molecule has 138 valence electrons. The largest absolute Gasteiger partial charge is 0.341 e. The fraction of sp³-hybridized carbons (Fsp3) is 0.300. The van der Waals surface area contributed by atoms with Crippen LogP contribution in [-0.4, -0.2) is 42.4 Å². The molecule has 0 saturated carbocycles. The summed E-state index contributed by atoms with van der Waals surface area (Å²) < 4.78 is 0. The van der Waals surface area contributed by atoms with Gasteiger partial charge in [-0.05, 0) is 43.2 Å². The molecule has 3 N–H and O–H groups in total. The molecule has 2 rings (SSSR count). The summed E-state index contributed by atoms with van der Waals surface area (Å²) in [6, 6.07) is 15.9. The van der Waals surface area contributed by atoms with Crippen molar-refractivity contribution in [3.05, 3.63) is 70.7 Å². The fourth-order valence-corrected chi connectivity index (χ4v) is 2.74. The number of carbonyl (C=O) groups excluding carboxylic acids is 2. The monoisotopic (exact) mass is 373 g/mol. The summed E-state index contributed by atoms with van der Waals surface area (Å²) in [6.07, 6.45) is 0.741. The molecule has 0 saturated heterocycles. The second-order valence-corrected chi connectivity index (χ2v) is 6.49. The quantitative estimate of drug-likeness (QED) is 0.746. The van der Waals surface area contributed by atoms with E-state index in [0.29, 0.717) is 30.2 Å². The zero-order valence-electron chi connectivity index (χ0n) is 14.8. The number of nitrogens with zero attached hydrogens (tertiary/aromatic N) is 1. The zero-order chi connectivity index (χ0) is 18.9. The number of rotatable bonds is 8. The van der Waals surface area contributed by atoms with Crippen LogP contribution in [0.25, 0.3) is 0 Å². The second-order valence-electron chi connectivity index (χ2n) is 6.05. The van der Waals surface area contributed by atoms with Gasteiger partial charge in [-0.1, -0.05) is 41.9 Å². The summed E-state index contributed by atoms with van der Waals surface area (Å²) in [6.45, 7) is 3.06. The molecule has 0 aliphatic rings. The van der Waals surface area contributed by atoms with Crippen LogP contribution in [0.3, 0.4) is 0 Å². The van der Waals surface area contributed by atoms with E-state index >= 15 is 0 Å². The minimum absolute atomic E-state index is 0.145. The fourth-order valence-electron chi connectivity index (χ4n) is 2.61. The molecule has 1 atom stereocenters. The van der Waals surface area contributed by atoms with Crippen molar-refractivity contribution >= 4 is 23.4 Å². The van der Waals surface area contributed by atoms with E-state index in [1.165, 1.54) is 0 Å². The van der Waals surface area contributed by atoms with Gasteiger partial charge in [-0.25, -0.2) is 0 Å². The number of halogens is 1. The molecule has 5 nitrogen and oxygen atoms in total. The number of amides is 2. The molecule has 26 heavy (non-hydrogen) atoms. The average molecular weight is 374 g/mol. The van der Waals surface area contributed by atoms with Crippen molar-refractivity contribution in [2.24, 2.45) is 5.73 Å². The van der Waals surface area contributed by atoms with Crippen LogP contribution in [0.1, 0.15) is 22.8 Å². The Balaban J connectivity index is 1.95. The van der Waals surface area contributed by atoms with Crippen LogP contribution in [0.5, 0.6) is 0 Å². The zero-order valence-corrected chi connectivity index (χ0v) is 15.6. The van der Waals surface area contributed by atoms with Gasteiger partial charge in [0.05, 0.1) is 0 Å². The molecule has 0 bridgehead atoms. The molecule has 6 heteroatoms. The van der Waals surface area contributed by atoms with E-state index < -0.39 is 6.04 Å². The number of nitrogens with two attached hydrogens (primary N) is 1. The van der Waals surface area contributed by atoms with Crippen LogP contribution >= 0.6 is 11.6 Å². The predicted octanol–water partition coefficient (Wildman–Crippen LogP) is 2.49. The Morgan fingerprint density at radius 1 is 1.08 bits per heavy atom. The minimum Gasteiger partial charge on any atom is -0.341 e. The van der Waals surface area contributed by atoms with Gasteiger partial charge in [0.15, 0.2) is 0 Å². The molecule has 0 aliphatic carbocycles. The SMILES string of the molecule is CC(NC(=O)c1ccc(Cl)cc1)C(=O)N(CCN)CCc1ccccc1. The van der Waals surface area contributed by atoms with Gasteiger partial charge >= 0.3 is 0 Å². The number of benzene rings is 2. The van der Waals surface area contributed by atoms with Gasteiger partial charge in [-0.15, -0.1) is 0 Å². The van der Waals surface area contributed by atoms with Crippen LogP contribution in [0.15, 0.2) is 54.6 Å². The average Bonchev–Trinajstić information content (AvgIpc) is 2.65. The van der Waals surface area contributed by atoms with Crippen molar-refractivity contribution in [1.82, 2.24) is 10.2 Å². The highest BCUT2D eigenvalue weighted by molar-refractivity contribution is 6.30. The van der Waals surface area contributed by atoms with E-state index in [2.05, 4.69) is 5.32 Å². The Hall–Kier alpha value is -2.37. The maximum atomic E-state index is 12.7. The molecular formula is C20H24ClN3O2. The Bertz CT molecular complexity index is 720. The summed E-state index contributed by atoms with van der Waals surface area (Å²) in [5.74, 6) is -0.452. The van der Waals surface area contributed by atoms with E-state index in [4.69, 9.17) is 17.3 Å². The maximum absolute atomic E-state index is 12.7. The Morgan fingerprint density at radius 2 is 1.73 bits per heavy atom. The lowest BCUT2D eigenvalue weighted by atomic mass is 10.1. The molecule has 0 aliphatic heterocycles. The van der Waals surface area contributed by atoms with Crippen LogP contribution in [0.2, 0.25) is 5.02 Å². The van der Waals surface area contributed by atoms with Crippen molar-refractivity contribution in [2.45, 2.75) is 19.4 Å². The van der Waals surface area contributed by atoms with Crippen LogP contribution in [-0.2, 0) is 11.2 Å². The van der Waals surface area contributed by atoms with Crippen molar-refractivity contribution < 1.29 is 9.59 Å². The van der Waals surface area contributed by atoms with E-state index in [-0.39, 0.29) is 11.8 Å². The molecule has 2 aromatic carbocycles. The van der Waals surface area contributed by atoms with Crippen molar-refractivity contribution in [3.8, 4) is 0 Å². The molecule has 2 aromatic rings. The third kappa shape index (κ3) is 5.86. The molecule has 0 spiro atoms. The third-order valence-corrected chi connectivity index (χ3v) is 4.30. The van der Waals surface area contributed by atoms with Crippen molar-refractivity contribution in [2.75, 3.05) is 19.6 Å². The first-order valence-corrected chi connectivity index (χ1v) is 8.98. The number of hydrogen-bond donors (Lipinski definition) is 2.